The molecule has 1 heterocycles. The third-order valence-electron chi connectivity index (χ3n) is 5.67. The SMILES string of the molecule is COc1ccc(CC(C)N2CCN(c3ccc(OC)c(C)c3)CC2)cc1C. The molecule has 0 amide bonds. The van der Waals surface area contributed by atoms with Crippen LogP contribution in [0.3, 0.4) is 0 Å². The molecule has 1 aliphatic rings. The fourth-order valence-electron chi connectivity index (χ4n) is 4.02. The molecule has 0 spiro atoms. The van der Waals surface area contributed by atoms with Gasteiger partial charge in [-0.25, -0.2) is 0 Å². The van der Waals surface area contributed by atoms with Gasteiger partial charge >= 0.3 is 0 Å². The molecular weight excluding hydrogens is 336 g/mol. The van der Waals surface area contributed by atoms with Gasteiger partial charge in [-0.05, 0) is 68.1 Å². The Hall–Kier alpha value is -2.20. The minimum Gasteiger partial charge on any atom is -0.496 e. The Morgan fingerprint density at radius 1 is 0.852 bits per heavy atom. The van der Waals surface area contributed by atoms with Gasteiger partial charge in [0.25, 0.3) is 0 Å². The van der Waals surface area contributed by atoms with Crippen LogP contribution in [0.4, 0.5) is 5.69 Å². The molecule has 4 nitrogen and oxygen atoms in total. The standard InChI is InChI=1S/C23H32N2O2/c1-17-14-20(6-8-22(17)26-4)16-19(3)24-10-12-25(13-11-24)21-7-9-23(27-5)18(2)15-21/h6-9,14-15,19H,10-13,16H2,1-5H3. The second-order valence-electron chi connectivity index (χ2n) is 7.53. The monoisotopic (exact) mass is 368 g/mol. The molecule has 4 heteroatoms. The molecule has 2 aromatic rings. The van der Waals surface area contributed by atoms with Gasteiger partial charge in [0.15, 0.2) is 0 Å². The van der Waals surface area contributed by atoms with E-state index in [-0.39, 0.29) is 0 Å². The van der Waals surface area contributed by atoms with Crippen molar-refractivity contribution in [2.45, 2.75) is 33.2 Å². The van der Waals surface area contributed by atoms with Crippen LogP contribution in [0.15, 0.2) is 36.4 Å². The molecule has 146 valence electrons. The van der Waals surface area contributed by atoms with Crippen LogP contribution in [0.25, 0.3) is 0 Å². The van der Waals surface area contributed by atoms with Gasteiger partial charge in [-0.15, -0.1) is 0 Å². The van der Waals surface area contributed by atoms with E-state index in [9.17, 15) is 0 Å². The fourth-order valence-corrected chi connectivity index (χ4v) is 4.02. The average molecular weight is 369 g/mol. The molecule has 1 aliphatic heterocycles. The molecule has 2 aromatic carbocycles. The Morgan fingerprint density at radius 2 is 1.44 bits per heavy atom. The summed E-state index contributed by atoms with van der Waals surface area (Å²) >= 11 is 0. The number of benzene rings is 2. The molecule has 3 rings (SSSR count). The summed E-state index contributed by atoms with van der Waals surface area (Å²) in [6.07, 6.45) is 1.08. The zero-order valence-corrected chi connectivity index (χ0v) is 17.3. The van der Waals surface area contributed by atoms with E-state index < -0.39 is 0 Å². The molecule has 0 aromatic heterocycles. The van der Waals surface area contributed by atoms with Crippen LogP contribution in [-0.2, 0) is 6.42 Å². The topological polar surface area (TPSA) is 24.9 Å². The highest BCUT2D eigenvalue weighted by Crippen LogP contribution is 2.26. The van der Waals surface area contributed by atoms with Crippen molar-refractivity contribution < 1.29 is 9.47 Å². The van der Waals surface area contributed by atoms with Crippen LogP contribution in [-0.4, -0.2) is 51.3 Å². The van der Waals surface area contributed by atoms with E-state index in [4.69, 9.17) is 9.47 Å². The summed E-state index contributed by atoms with van der Waals surface area (Å²) in [6.45, 7) is 10.9. The number of hydrogen-bond acceptors (Lipinski definition) is 4. The molecule has 1 atom stereocenters. The van der Waals surface area contributed by atoms with Crippen LogP contribution < -0.4 is 14.4 Å². The predicted molar refractivity (Wildman–Crippen MR) is 112 cm³/mol. The zero-order chi connectivity index (χ0) is 19.4. The highest BCUT2D eigenvalue weighted by atomic mass is 16.5. The normalized spacial score (nSPS) is 16.3. The predicted octanol–water partition coefficient (Wildman–Crippen LogP) is 4.07. The first-order valence-corrected chi connectivity index (χ1v) is 9.79. The largest absolute Gasteiger partial charge is 0.496 e. The van der Waals surface area contributed by atoms with Gasteiger partial charge in [0, 0.05) is 37.9 Å². The van der Waals surface area contributed by atoms with Crippen molar-refractivity contribution >= 4 is 5.69 Å². The maximum absolute atomic E-state index is 5.38. The molecule has 0 bridgehead atoms. The number of methoxy groups -OCH3 is 2. The fraction of sp³-hybridized carbons (Fsp3) is 0.478. The second kappa shape index (κ2) is 8.66. The van der Waals surface area contributed by atoms with Crippen LogP contribution in [0.1, 0.15) is 23.6 Å². The minimum atomic E-state index is 0.539. The lowest BCUT2D eigenvalue weighted by Gasteiger charge is -2.39. The van der Waals surface area contributed by atoms with Crippen molar-refractivity contribution in [1.82, 2.24) is 4.90 Å². The molecule has 0 radical (unpaired) electrons. The Bertz CT molecular complexity index is 767. The third-order valence-corrected chi connectivity index (χ3v) is 5.67. The lowest BCUT2D eigenvalue weighted by molar-refractivity contribution is 0.196. The molecule has 1 unspecified atom stereocenters. The Labute approximate surface area is 163 Å². The van der Waals surface area contributed by atoms with E-state index in [2.05, 4.69) is 67.0 Å². The highest BCUT2D eigenvalue weighted by Gasteiger charge is 2.22. The van der Waals surface area contributed by atoms with Crippen LogP contribution >= 0.6 is 0 Å². The number of hydrogen-bond donors (Lipinski definition) is 0. The van der Waals surface area contributed by atoms with Gasteiger partial charge in [-0.3, -0.25) is 4.90 Å². The molecule has 0 aliphatic carbocycles. The number of nitrogens with zero attached hydrogens (tertiary/aromatic N) is 2. The summed E-state index contributed by atoms with van der Waals surface area (Å²) in [6, 6.07) is 13.6. The smallest absolute Gasteiger partial charge is 0.121 e. The van der Waals surface area contributed by atoms with Gasteiger partial charge in [0.05, 0.1) is 14.2 Å². The summed E-state index contributed by atoms with van der Waals surface area (Å²) in [4.78, 5) is 5.08. The highest BCUT2D eigenvalue weighted by molar-refractivity contribution is 5.53. The Morgan fingerprint density at radius 3 is 2.00 bits per heavy atom. The van der Waals surface area contributed by atoms with Crippen molar-refractivity contribution in [3.05, 3.63) is 53.1 Å². The van der Waals surface area contributed by atoms with Gasteiger partial charge in [-0.1, -0.05) is 12.1 Å². The van der Waals surface area contributed by atoms with E-state index in [0.717, 1.165) is 44.1 Å². The van der Waals surface area contributed by atoms with Gasteiger partial charge in [-0.2, -0.15) is 0 Å². The quantitative estimate of drug-likeness (QED) is 0.767. The van der Waals surface area contributed by atoms with Crippen molar-refractivity contribution in [3.63, 3.8) is 0 Å². The van der Waals surface area contributed by atoms with Gasteiger partial charge < -0.3 is 14.4 Å². The van der Waals surface area contributed by atoms with Gasteiger partial charge in [0.2, 0.25) is 0 Å². The summed E-state index contributed by atoms with van der Waals surface area (Å²) in [5.41, 5.74) is 5.09. The van der Waals surface area contributed by atoms with Crippen LogP contribution in [0, 0.1) is 13.8 Å². The molecule has 0 saturated carbocycles. The zero-order valence-electron chi connectivity index (χ0n) is 17.3. The van der Waals surface area contributed by atoms with Crippen molar-refractivity contribution in [2.24, 2.45) is 0 Å². The summed E-state index contributed by atoms with van der Waals surface area (Å²) in [5.74, 6) is 1.93. The Kier molecular flexibility index (Phi) is 6.27. The number of rotatable bonds is 6. The lowest BCUT2D eigenvalue weighted by Crippen LogP contribution is -2.50. The summed E-state index contributed by atoms with van der Waals surface area (Å²) in [7, 11) is 3.46. The summed E-state index contributed by atoms with van der Waals surface area (Å²) in [5, 5.41) is 0. The first-order valence-electron chi connectivity index (χ1n) is 9.79. The van der Waals surface area contributed by atoms with Crippen LogP contribution in [0.5, 0.6) is 11.5 Å². The number of ether oxygens (including phenoxy) is 2. The molecule has 1 saturated heterocycles. The molecule has 27 heavy (non-hydrogen) atoms. The molecule has 1 fully saturated rings. The van der Waals surface area contributed by atoms with Crippen molar-refractivity contribution in [3.8, 4) is 11.5 Å². The van der Waals surface area contributed by atoms with E-state index in [1.165, 1.54) is 22.4 Å². The molecular formula is C23H32N2O2. The van der Waals surface area contributed by atoms with Crippen molar-refractivity contribution in [1.29, 1.82) is 0 Å². The van der Waals surface area contributed by atoms with E-state index in [1.54, 1.807) is 14.2 Å². The first kappa shape index (κ1) is 19.6. The second-order valence-corrected chi connectivity index (χ2v) is 7.53. The van der Waals surface area contributed by atoms with E-state index >= 15 is 0 Å². The summed E-state index contributed by atoms with van der Waals surface area (Å²) < 4.78 is 10.8. The molecule has 0 N–H and O–H groups in total. The average Bonchev–Trinajstić information content (AvgIpc) is 2.68. The van der Waals surface area contributed by atoms with Crippen molar-refractivity contribution in [2.75, 3.05) is 45.3 Å². The first-order chi connectivity index (χ1) is 13.0. The maximum Gasteiger partial charge on any atom is 0.121 e. The van der Waals surface area contributed by atoms with Gasteiger partial charge in [0.1, 0.15) is 11.5 Å². The van der Waals surface area contributed by atoms with E-state index in [0.29, 0.717) is 6.04 Å². The third kappa shape index (κ3) is 4.56. The number of aryl methyl sites for hydroxylation is 2. The lowest BCUT2D eigenvalue weighted by atomic mass is 10.0. The maximum atomic E-state index is 5.38. The minimum absolute atomic E-state index is 0.539. The number of piperazine rings is 1. The van der Waals surface area contributed by atoms with Crippen LogP contribution in [0.2, 0.25) is 0 Å². The Balaban J connectivity index is 1.57. The van der Waals surface area contributed by atoms with E-state index in [1.807, 2.05) is 0 Å². The number of anilines is 1.